The summed E-state index contributed by atoms with van der Waals surface area (Å²) in [6.07, 6.45) is 8.96. The van der Waals surface area contributed by atoms with Crippen molar-refractivity contribution in [1.82, 2.24) is 0 Å². The highest BCUT2D eigenvalue weighted by Crippen LogP contribution is 2.17. The van der Waals surface area contributed by atoms with Crippen LogP contribution in [-0.4, -0.2) is 75.6 Å². The van der Waals surface area contributed by atoms with E-state index in [1.54, 1.807) is 78.9 Å². The van der Waals surface area contributed by atoms with Crippen LogP contribution in [0.5, 0.6) is 11.5 Å². The molecule has 56 heavy (non-hydrogen) atoms. The maximum atomic E-state index is 13.1. The number of hydrogen-bond acceptors (Lipinski definition) is 12. The van der Waals surface area contributed by atoms with E-state index in [2.05, 4.69) is 13.2 Å². The number of rotatable bonds is 28. The van der Waals surface area contributed by atoms with Gasteiger partial charge in [-0.15, -0.1) is 0 Å². The fraction of sp³-hybridized carbons (Fsp3) is 0.386. The third-order valence-electron chi connectivity index (χ3n) is 8.20. The molecule has 0 radical (unpaired) electrons. The molecule has 3 aromatic carbocycles. The highest BCUT2D eigenvalue weighted by molar-refractivity contribution is 5.90. The van der Waals surface area contributed by atoms with Gasteiger partial charge in [-0.2, -0.15) is 0 Å². The normalized spacial score (nSPS) is 11.0. The third-order valence-corrected chi connectivity index (χ3v) is 8.20. The first-order valence-corrected chi connectivity index (χ1v) is 18.9. The van der Waals surface area contributed by atoms with Gasteiger partial charge in [0, 0.05) is 12.2 Å². The van der Waals surface area contributed by atoms with Crippen LogP contribution in [-0.2, 0) is 33.3 Å². The lowest BCUT2D eigenvalue weighted by Gasteiger charge is -2.18. The molecule has 0 saturated heterocycles. The molecule has 0 aromatic heterocycles. The number of esters is 5. The predicted octanol–water partition coefficient (Wildman–Crippen LogP) is 8.04. The predicted molar refractivity (Wildman–Crippen MR) is 209 cm³/mol. The zero-order chi connectivity index (χ0) is 40.2. The molecule has 0 aliphatic rings. The lowest BCUT2D eigenvalue weighted by atomic mass is 10.2. The zero-order valence-corrected chi connectivity index (χ0v) is 31.9. The van der Waals surface area contributed by atoms with Gasteiger partial charge in [-0.1, -0.05) is 31.4 Å². The van der Waals surface area contributed by atoms with E-state index in [9.17, 15) is 24.0 Å². The van der Waals surface area contributed by atoms with Crippen molar-refractivity contribution in [3.8, 4) is 11.5 Å². The van der Waals surface area contributed by atoms with Crippen molar-refractivity contribution in [2.45, 2.75) is 70.3 Å². The van der Waals surface area contributed by atoms with Crippen LogP contribution in [0.4, 0.5) is 0 Å². The molecule has 12 nitrogen and oxygen atoms in total. The van der Waals surface area contributed by atoms with Gasteiger partial charge in [-0.25, -0.2) is 24.0 Å². The van der Waals surface area contributed by atoms with Gasteiger partial charge in [-0.3, -0.25) is 0 Å². The minimum absolute atomic E-state index is 0.0549. The second-order valence-electron chi connectivity index (χ2n) is 12.6. The fourth-order valence-corrected chi connectivity index (χ4v) is 5.11. The molecule has 0 fully saturated rings. The first-order chi connectivity index (χ1) is 27.3. The van der Waals surface area contributed by atoms with E-state index in [0.29, 0.717) is 61.0 Å². The molecule has 3 rings (SSSR count). The number of carbonyl (C=O) groups is 5. The minimum Gasteiger partial charge on any atom is -0.494 e. The Morgan fingerprint density at radius 1 is 0.464 bits per heavy atom. The van der Waals surface area contributed by atoms with Crippen molar-refractivity contribution in [1.29, 1.82) is 0 Å². The molecule has 300 valence electrons. The molecule has 1 atom stereocenters. The fourth-order valence-electron chi connectivity index (χ4n) is 5.11. The Morgan fingerprint density at radius 3 is 1.39 bits per heavy atom. The van der Waals surface area contributed by atoms with Crippen LogP contribution in [0.25, 0.3) is 0 Å². The van der Waals surface area contributed by atoms with Crippen LogP contribution in [0.1, 0.15) is 95.3 Å². The van der Waals surface area contributed by atoms with Gasteiger partial charge < -0.3 is 33.2 Å². The van der Waals surface area contributed by atoms with E-state index in [-0.39, 0.29) is 19.6 Å². The first kappa shape index (κ1) is 44.5. The number of benzene rings is 3. The number of carbonyl (C=O) groups excluding carboxylic acids is 5. The molecule has 0 heterocycles. The van der Waals surface area contributed by atoms with Crippen LogP contribution in [0.3, 0.4) is 0 Å². The van der Waals surface area contributed by atoms with E-state index < -0.39 is 36.0 Å². The number of ether oxygens (including phenoxy) is 7. The summed E-state index contributed by atoms with van der Waals surface area (Å²) < 4.78 is 38.1. The SMILES string of the molecule is C=CC(=O)OCCCCCCOc1ccc(C(=O)OCCCC(COC(=O)c2ccccc2)OC(=O)c2ccc(OCCCCCCOC(=O)C=C)cc2)cc1. The Labute approximate surface area is 328 Å². The van der Waals surface area contributed by atoms with Crippen molar-refractivity contribution in [3.05, 3.63) is 121 Å². The highest BCUT2D eigenvalue weighted by Gasteiger charge is 2.20. The van der Waals surface area contributed by atoms with Crippen molar-refractivity contribution < 1.29 is 57.1 Å². The number of unbranched alkanes of at least 4 members (excludes halogenated alkanes) is 6. The van der Waals surface area contributed by atoms with Gasteiger partial charge in [0.2, 0.25) is 0 Å². The quantitative estimate of drug-likeness (QED) is 0.0304. The maximum Gasteiger partial charge on any atom is 0.338 e. The third kappa shape index (κ3) is 18.4. The Hall–Kier alpha value is -5.91. The van der Waals surface area contributed by atoms with Gasteiger partial charge in [0.25, 0.3) is 0 Å². The second kappa shape index (κ2) is 26.8. The lowest BCUT2D eigenvalue weighted by molar-refractivity contribution is -0.138. The van der Waals surface area contributed by atoms with E-state index >= 15 is 0 Å². The summed E-state index contributed by atoms with van der Waals surface area (Å²) in [6, 6.07) is 21.7. The second-order valence-corrected chi connectivity index (χ2v) is 12.6. The monoisotopic (exact) mass is 772 g/mol. The van der Waals surface area contributed by atoms with Gasteiger partial charge in [-0.05, 0) is 125 Å². The van der Waals surface area contributed by atoms with Crippen LogP contribution in [0.2, 0.25) is 0 Å². The standard InChI is InChI=1S/C44H52O12/c1-3-40(45)52-30-14-7-5-12-28-50-37-24-20-35(21-25-37)42(47)54-32-16-19-39(33-55-43(48)34-17-10-9-11-18-34)56-44(49)36-22-26-38(27-23-36)51-29-13-6-8-15-31-53-41(46)4-2/h3-4,9-11,17-18,20-27,39H,1-2,5-8,12-16,19,28-33H2. The van der Waals surface area contributed by atoms with Gasteiger partial charge in [0.05, 0.1) is 49.7 Å². The Kier molecular flexibility index (Phi) is 21.3. The molecule has 3 aromatic rings. The van der Waals surface area contributed by atoms with Crippen molar-refractivity contribution in [2.75, 3.05) is 39.6 Å². The Balaban J connectivity index is 1.40. The Morgan fingerprint density at radius 2 is 0.893 bits per heavy atom. The molecule has 0 amide bonds. The summed E-state index contributed by atoms with van der Waals surface area (Å²) in [5.41, 5.74) is 1.03. The zero-order valence-electron chi connectivity index (χ0n) is 31.9. The van der Waals surface area contributed by atoms with Crippen molar-refractivity contribution in [3.63, 3.8) is 0 Å². The average molecular weight is 773 g/mol. The van der Waals surface area contributed by atoms with Crippen LogP contribution >= 0.6 is 0 Å². The molecule has 0 aliphatic carbocycles. The summed E-state index contributed by atoms with van der Waals surface area (Å²) in [5.74, 6) is -1.25. The largest absolute Gasteiger partial charge is 0.494 e. The lowest BCUT2D eigenvalue weighted by Crippen LogP contribution is -2.26. The summed E-state index contributed by atoms with van der Waals surface area (Å²) in [5, 5.41) is 0. The van der Waals surface area contributed by atoms with Crippen LogP contribution < -0.4 is 9.47 Å². The summed E-state index contributed by atoms with van der Waals surface area (Å²) in [6.45, 7) is 8.35. The van der Waals surface area contributed by atoms with Gasteiger partial charge >= 0.3 is 29.8 Å². The average Bonchev–Trinajstić information content (AvgIpc) is 3.23. The van der Waals surface area contributed by atoms with E-state index in [1.807, 2.05) is 0 Å². The molecule has 0 bridgehead atoms. The number of hydrogen-bond donors (Lipinski definition) is 0. The molecule has 0 aliphatic heterocycles. The summed E-state index contributed by atoms with van der Waals surface area (Å²) in [4.78, 5) is 60.5. The minimum atomic E-state index is -0.795. The topological polar surface area (TPSA) is 150 Å². The summed E-state index contributed by atoms with van der Waals surface area (Å²) in [7, 11) is 0. The van der Waals surface area contributed by atoms with Crippen LogP contribution in [0, 0.1) is 0 Å². The van der Waals surface area contributed by atoms with Gasteiger partial charge in [0.1, 0.15) is 24.2 Å². The highest BCUT2D eigenvalue weighted by atomic mass is 16.6. The molecule has 1 unspecified atom stereocenters. The molecule has 0 N–H and O–H groups in total. The van der Waals surface area contributed by atoms with Crippen LogP contribution in [0.15, 0.2) is 104 Å². The molecular formula is C44H52O12. The van der Waals surface area contributed by atoms with E-state index in [0.717, 1.165) is 63.5 Å². The van der Waals surface area contributed by atoms with E-state index in [1.165, 1.54) is 0 Å². The molecule has 0 spiro atoms. The smallest absolute Gasteiger partial charge is 0.338 e. The van der Waals surface area contributed by atoms with E-state index in [4.69, 9.17) is 33.2 Å². The van der Waals surface area contributed by atoms with Gasteiger partial charge in [0.15, 0.2) is 0 Å². The first-order valence-electron chi connectivity index (χ1n) is 18.9. The molecule has 12 heteroatoms. The summed E-state index contributed by atoms with van der Waals surface area (Å²) >= 11 is 0. The van der Waals surface area contributed by atoms with Crippen molar-refractivity contribution in [2.24, 2.45) is 0 Å². The maximum absolute atomic E-state index is 13.1. The molecular weight excluding hydrogens is 720 g/mol. The molecule has 0 saturated carbocycles. The van der Waals surface area contributed by atoms with Crippen molar-refractivity contribution >= 4 is 29.8 Å². The Bertz CT molecular complexity index is 1650.